The third-order valence-electron chi connectivity index (χ3n) is 1.81. The van der Waals surface area contributed by atoms with Crippen LogP contribution in [0.15, 0.2) is 9.90 Å². The molecule has 0 amide bonds. The second kappa shape index (κ2) is 2.85. The van der Waals surface area contributed by atoms with Crippen LogP contribution in [0.25, 0.3) is 11.3 Å². The molecule has 2 N–H and O–H groups in total. The topological polar surface area (TPSA) is 64.9 Å². The summed E-state index contributed by atoms with van der Waals surface area (Å²) in [7, 11) is 0. The standard InChI is InChI=1S/C8H9N3OS/c1-4-7(5(2)12-11-4)6-3-13-8(9)10-6/h3H,1-2H3,(H2,9,10). The minimum Gasteiger partial charge on any atom is -0.375 e. The van der Waals surface area contributed by atoms with Gasteiger partial charge in [-0.2, -0.15) is 0 Å². The van der Waals surface area contributed by atoms with Crippen molar-refractivity contribution in [1.29, 1.82) is 0 Å². The van der Waals surface area contributed by atoms with Crippen LogP contribution in [0.4, 0.5) is 5.13 Å². The van der Waals surface area contributed by atoms with Crippen molar-refractivity contribution < 1.29 is 4.52 Å². The fourth-order valence-corrected chi connectivity index (χ4v) is 1.81. The zero-order chi connectivity index (χ0) is 9.42. The highest BCUT2D eigenvalue weighted by atomic mass is 32.1. The summed E-state index contributed by atoms with van der Waals surface area (Å²) < 4.78 is 5.03. The number of rotatable bonds is 1. The van der Waals surface area contributed by atoms with Crippen LogP contribution in [0.3, 0.4) is 0 Å². The SMILES string of the molecule is Cc1noc(C)c1-c1csc(N)n1. The van der Waals surface area contributed by atoms with Gasteiger partial charge in [0.2, 0.25) is 0 Å². The van der Waals surface area contributed by atoms with Gasteiger partial charge in [0.15, 0.2) is 5.13 Å². The molecule has 0 aliphatic carbocycles. The van der Waals surface area contributed by atoms with Crippen molar-refractivity contribution in [3.63, 3.8) is 0 Å². The van der Waals surface area contributed by atoms with Gasteiger partial charge >= 0.3 is 0 Å². The second-order valence-corrected chi connectivity index (χ2v) is 3.66. The largest absolute Gasteiger partial charge is 0.375 e. The monoisotopic (exact) mass is 195 g/mol. The average Bonchev–Trinajstić information content (AvgIpc) is 2.60. The lowest BCUT2D eigenvalue weighted by atomic mass is 10.1. The average molecular weight is 195 g/mol. The number of nitrogen functional groups attached to an aromatic ring is 1. The number of thiazole rings is 1. The third kappa shape index (κ3) is 1.31. The first kappa shape index (κ1) is 8.25. The van der Waals surface area contributed by atoms with Gasteiger partial charge in [0, 0.05) is 5.38 Å². The molecule has 0 saturated carbocycles. The molecule has 2 aromatic rings. The molecule has 0 fully saturated rings. The fourth-order valence-electron chi connectivity index (χ4n) is 1.25. The number of nitrogens with zero attached hydrogens (tertiary/aromatic N) is 2. The van der Waals surface area contributed by atoms with Gasteiger partial charge in [-0.1, -0.05) is 5.16 Å². The van der Waals surface area contributed by atoms with E-state index in [4.69, 9.17) is 10.3 Å². The molecule has 2 aromatic heterocycles. The van der Waals surface area contributed by atoms with E-state index in [1.54, 1.807) is 0 Å². The predicted molar refractivity (Wildman–Crippen MR) is 51.5 cm³/mol. The van der Waals surface area contributed by atoms with Gasteiger partial charge < -0.3 is 10.3 Å². The lowest BCUT2D eigenvalue weighted by Crippen LogP contribution is -1.84. The van der Waals surface area contributed by atoms with E-state index < -0.39 is 0 Å². The van der Waals surface area contributed by atoms with Crippen molar-refractivity contribution in [2.24, 2.45) is 0 Å². The first-order chi connectivity index (χ1) is 6.18. The maximum Gasteiger partial charge on any atom is 0.180 e. The lowest BCUT2D eigenvalue weighted by molar-refractivity contribution is 0.393. The van der Waals surface area contributed by atoms with Gasteiger partial charge in [-0.25, -0.2) is 4.98 Å². The molecule has 2 heterocycles. The van der Waals surface area contributed by atoms with Gasteiger partial charge in [-0.3, -0.25) is 0 Å². The van der Waals surface area contributed by atoms with Gasteiger partial charge in [0.1, 0.15) is 5.76 Å². The molecule has 0 unspecified atom stereocenters. The quantitative estimate of drug-likeness (QED) is 0.755. The minimum atomic E-state index is 0.565. The van der Waals surface area contributed by atoms with Crippen LogP contribution in [0.5, 0.6) is 0 Å². The molecule has 4 nitrogen and oxygen atoms in total. The number of aromatic nitrogens is 2. The minimum absolute atomic E-state index is 0.565. The maximum absolute atomic E-state index is 5.54. The number of hydrogen-bond donors (Lipinski definition) is 1. The van der Waals surface area contributed by atoms with Crippen LogP contribution in [-0.2, 0) is 0 Å². The van der Waals surface area contributed by atoms with Crippen molar-refractivity contribution in [2.75, 3.05) is 5.73 Å². The first-order valence-corrected chi connectivity index (χ1v) is 4.70. The molecule has 0 atom stereocenters. The summed E-state index contributed by atoms with van der Waals surface area (Å²) >= 11 is 1.42. The normalized spacial score (nSPS) is 10.6. The zero-order valence-corrected chi connectivity index (χ0v) is 8.18. The van der Waals surface area contributed by atoms with E-state index in [9.17, 15) is 0 Å². The summed E-state index contributed by atoms with van der Waals surface area (Å²) in [5, 5.41) is 6.32. The molecular formula is C8H9N3OS. The summed E-state index contributed by atoms with van der Waals surface area (Å²) in [6.45, 7) is 3.76. The Morgan fingerprint density at radius 3 is 2.69 bits per heavy atom. The van der Waals surface area contributed by atoms with Crippen molar-refractivity contribution in [1.82, 2.24) is 10.1 Å². The Morgan fingerprint density at radius 1 is 1.46 bits per heavy atom. The zero-order valence-electron chi connectivity index (χ0n) is 7.37. The predicted octanol–water partition coefficient (Wildman–Crippen LogP) is 2.00. The number of anilines is 1. The molecule has 0 aliphatic heterocycles. The maximum atomic E-state index is 5.54. The van der Waals surface area contributed by atoms with Crippen molar-refractivity contribution in [3.05, 3.63) is 16.8 Å². The Bertz CT molecular complexity index is 413. The van der Waals surface area contributed by atoms with Gasteiger partial charge in [-0.15, -0.1) is 11.3 Å². The van der Waals surface area contributed by atoms with E-state index in [-0.39, 0.29) is 0 Å². The summed E-state index contributed by atoms with van der Waals surface area (Å²) in [4.78, 5) is 4.17. The fraction of sp³-hybridized carbons (Fsp3) is 0.250. The van der Waals surface area contributed by atoms with Crippen LogP contribution < -0.4 is 5.73 Å². The number of hydrogen-bond acceptors (Lipinski definition) is 5. The summed E-state index contributed by atoms with van der Waals surface area (Å²) in [6.07, 6.45) is 0. The molecule has 0 aliphatic rings. The molecule has 0 aromatic carbocycles. The Hall–Kier alpha value is -1.36. The highest BCUT2D eigenvalue weighted by Crippen LogP contribution is 2.28. The van der Waals surface area contributed by atoms with E-state index in [0.717, 1.165) is 22.7 Å². The van der Waals surface area contributed by atoms with Crippen LogP contribution in [-0.4, -0.2) is 10.1 Å². The Kier molecular flexibility index (Phi) is 1.81. The Labute approximate surface area is 79.4 Å². The van der Waals surface area contributed by atoms with Gasteiger partial charge in [-0.05, 0) is 13.8 Å². The van der Waals surface area contributed by atoms with Crippen LogP contribution >= 0.6 is 11.3 Å². The van der Waals surface area contributed by atoms with E-state index in [0.29, 0.717) is 5.13 Å². The Balaban J connectivity index is 2.57. The molecule has 0 spiro atoms. The van der Waals surface area contributed by atoms with E-state index >= 15 is 0 Å². The van der Waals surface area contributed by atoms with Crippen LogP contribution in [0.2, 0.25) is 0 Å². The summed E-state index contributed by atoms with van der Waals surface area (Å²) in [5.74, 6) is 0.780. The Morgan fingerprint density at radius 2 is 2.23 bits per heavy atom. The van der Waals surface area contributed by atoms with Crippen LogP contribution in [0, 0.1) is 13.8 Å². The van der Waals surface area contributed by atoms with E-state index in [2.05, 4.69) is 10.1 Å². The molecule has 2 rings (SSSR count). The van der Waals surface area contributed by atoms with Crippen molar-refractivity contribution in [2.45, 2.75) is 13.8 Å². The molecular weight excluding hydrogens is 186 g/mol. The first-order valence-electron chi connectivity index (χ1n) is 3.82. The second-order valence-electron chi connectivity index (χ2n) is 2.77. The number of aryl methyl sites for hydroxylation is 2. The smallest absolute Gasteiger partial charge is 0.180 e. The molecule has 0 radical (unpaired) electrons. The molecule has 68 valence electrons. The molecule has 5 heteroatoms. The van der Waals surface area contributed by atoms with Crippen molar-refractivity contribution >= 4 is 16.5 Å². The highest BCUT2D eigenvalue weighted by molar-refractivity contribution is 7.13. The highest BCUT2D eigenvalue weighted by Gasteiger charge is 2.13. The van der Waals surface area contributed by atoms with E-state index in [1.165, 1.54) is 11.3 Å². The third-order valence-corrected chi connectivity index (χ3v) is 2.49. The molecule has 0 bridgehead atoms. The van der Waals surface area contributed by atoms with Crippen molar-refractivity contribution in [3.8, 4) is 11.3 Å². The van der Waals surface area contributed by atoms with E-state index in [1.807, 2.05) is 19.2 Å². The van der Waals surface area contributed by atoms with Gasteiger partial charge in [0.05, 0.1) is 17.0 Å². The lowest BCUT2D eigenvalue weighted by Gasteiger charge is -1.91. The van der Waals surface area contributed by atoms with Gasteiger partial charge in [0.25, 0.3) is 0 Å². The summed E-state index contributed by atoms with van der Waals surface area (Å²) in [5.41, 5.74) is 8.19. The molecule has 0 saturated heterocycles. The summed E-state index contributed by atoms with van der Waals surface area (Å²) in [6, 6.07) is 0. The van der Waals surface area contributed by atoms with Crippen LogP contribution in [0.1, 0.15) is 11.5 Å². The number of nitrogens with two attached hydrogens (primary N) is 1. The molecule has 13 heavy (non-hydrogen) atoms.